The van der Waals surface area contributed by atoms with Crippen molar-refractivity contribution < 1.29 is 14.3 Å². The van der Waals surface area contributed by atoms with Crippen molar-refractivity contribution in [3.05, 3.63) is 60.2 Å². The van der Waals surface area contributed by atoms with E-state index in [4.69, 9.17) is 9.47 Å². The number of allylic oxidation sites excluding steroid dienone is 2. The molecule has 4 aliphatic rings. The molecule has 2 saturated heterocycles. The molecule has 3 heteroatoms. The molecule has 0 aromatic heterocycles. The standard InChI is InChI=1S/C22H20O3/c23-22(16-7-3-5-12-4-1-2-6-15(12)16)25-18-11-17-19-13-8-9-14(10-13)20(19)21(18)24-17/h1-9,13-14,17-21H,10-11H2. The lowest BCUT2D eigenvalue weighted by Gasteiger charge is -2.33. The predicted octanol–water partition coefficient (Wildman–Crippen LogP) is 3.97. The Hall–Kier alpha value is -2.13. The molecule has 2 aliphatic heterocycles. The van der Waals surface area contributed by atoms with Crippen LogP contribution in [0.15, 0.2) is 54.6 Å². The van der Waals surface area contributed by atoms with Gasteiger partial charge in [-0.05, 0) is 41.0 Å². The highest BCUT2D eigenvalue weighted by molar-refractivity contribution is 6.04. The lowest BCUT2D eigenvalue weighted by Crippen LogP contribution is -2.40. The van der Waals surface area contributed by atoms with Gasteiger partial charge in [0.1, 0.15) is 6.10 Å². The van der Waals surface area contributed by atoms with Crippen LogP contribution in [0, 0.1) is 23.7 Å². The zero-order chi connectivity index (χ0) is 16.5. The monoisotopic (exact) mass is 332 g/mol. The summed E-state index contributed by atoms with van der Waals surface area (Å²) in [5, 5.41) is 2.03. The summed E-state index contributed by atoms with van der Waals surface area (Å²) in [6, 6.07) is 13.8. The molecule has 0 N–H and O–H groups in total. The second-order valence-electron chi connectivity index (χ2n) is 7.95. The van der Waals surface area contributed by atoms with Gasteiger partial charge in [-0.15, -0.1) is 0 Å². The molecule has 0 amide bonds. The maximum atomic E-state index is 12.9. The van der Waals surface area contributed by atoms with Crippen LogP contribution in [0.3, 0.4) is 0 Å². The SMILES string of the molecule is O=C(OC1CC2OC1C1C3C=CC(C3)C21)c1cccc2ccccc12. The highest BCUT2D eigenvalue weighted by atomic mass is 16.6. The van der Waals surface area contributed by atoms with E-state index in [9.17, 15) is 4.79 Å². The van der Waals surface area contributed by atoms with Gasteiger partial charge in [-0.2, -0.15) is 0 Å². The van der Waals surface area contributed by atoms with E-state index < -0.39 is 0 Å². The number of carbonyl (C=O) groups excluding carboxylic acids is 1. The van der Waals surface area contributed by atoms with Gasteiger partial charge in [-0.3, -0.25) is 0 Å². The molecule has 4 bridgehead atoms. The van der Waals surface area contributed by atoms with Crippen molar-refractivity contribution in [3.8, 4) is 0 Å². The summed E-state index contributed by atoms with van der Waals surface area (Å²) in [6.45, 7) is 0. The van der Waals surface area contributed by atoms with Crippen molar-refractivity contribution >= 4 is 16.7 Å². The molecule has 1 saturated carbocycles. The normalized spacial score (nSPS) is 39.9. The number of benzene rings is 2. The fraction of sp³-hybridized carbons (Fsp3) is 0.409. The lowest BCUT2D eigenvalue weighted by molar-refractivity contribution is -0.00937. The molecule has 2 aromatic carbocycles. The molecule has 3 nitrogen and oxygen atoms in total. The molecule has 126 valence electrons. The summed E-state index contributed by atoms with van der Waals surface area (Å²) in [5.41, 5.74) is 0.658. The van der Waals surface area contributed by atoms with Crippen molar-refractivity contribution in [3.63, 3.8) is 0 Å². The van der Waals surface area contributed by atoms with Gasteiger partial charge in [0.2, 0.25) is 0 Å². The lowest BCUT2D eigenvalue weighted by atomic mass is 9.72. The van der Waals surface area contributed by atoms with Crippen LogP contribution in [0.1, 0.15) is 23.2 Å². The van der Waals surface area contributed by atoms with Crippen LogP contribution >= 0.6 is 0 Å². The highest BCUT2D eigenvalue weighted by Crippen LogP contribution is 2.60. The Balaban J connectivity index is 1.27. The molecule has 2 aromatic rings. The number of hydrogen-bond donors (Lipinski definition) is 0. The van der Waals surface area contributed by atoms with Crippen LogP contribution in [0.2, 0.25) is 0 Å². The summed E-state index contributed by atoms with van der Waals surface area (Å²) >= 11 is 0. The number of rotatable bonds is 2. The van der Waals surface area contributed by atoms with E-state index in [0.717, 1.165) is 17.2 Å². The summed E-state index contributed by atoms with van der Waals surface area (Å²) in [5.74, 6) is 2.32. The maximum Gasteiger partial charge on any atom is 0.339 e. The molecule has 7 unspecified atom stereocenters. The van der Waals surface area contributed by atoms with E-state index in [0.29, 0.717) is 29.2 Å². The number of fused-ring (bicyclic) bond motifs is 10. The zero-order valence-corrected chi connectivity index (χ0v) is 13.9. The largest absolute Gasteiger partial charge is 0.456 e. The van der Waals surface area contributed by atoms with E-state index in [-0.39, 0.29) is 24.3 Å². The topological polar surface area (TPSA) is 35.5 Å². The molecular weight excluding hydrogens is 312 g/mol. The van der Waals surface area contributed by atoms with Crippen LogP contribution in [0.5, 0.6) is 0 Å². The van der Waals surface area contributed by atoms with Crippen LogP contribution in [0.4, 0.5) is 0 Å². The minimum Gasteiger partial charge on any atom is -0.456 e. The average molecular weight is 332 g/mol. The van der Waals surface area contributed by atoms with E-state index in [1.807, 2.05) is 42.5 Å². The average Bonchev–Trinajstić information content (AvgIpc) is 3.40. The van der Waals surface area contributed by atoms with Crippen LogP contribution in [-0.4, -0.2) is 24.3 Å². The number of esters is 1. The smallest absolute Gasteiger partial charge is 0.339 e. The number of hydrogen-bond acceptors (Lipinski definition) is 3. The first-order valence-corrected chi connectivity index (χ1v) is 9.32. The summed E-state index contributed by atoms with van der Waals surface area (Å²) in [4.78, 5) is 12.9. The predicted molar refractivity (Wildman–Crippen MR) is 94.1 cm³/mol. The minimum absolute atomic E-state index is 0.0916. The first kappa shape index (κ1) is 14.1. The second-order valence-corrected chi connectivity index (χ2v) is 7.95. The van der Waals surface area contributed by atoms with E-state index in [1.54, 1.807) is 0 Å². The minimum atomic E-state index is -0.215. The Morgan fingerprint density at radius 3 is 2.68 bits per heavy atom. The van der Waals surface area contributed by atoms with Crippen molar-refractivity contribution in [2.45, 2.75) is 31.2 Å². The summed E-state index contributed by atoms with van der Waals surface area (Å²) < 4.78 is 12.2. The Kier molecular flexibility index (Phi) is 2.79. The van der Waals surface area contributed by atoms with Crippen LogP contribution in [0.25, 0.3) is 10.8 Å². The zero-order valence-electron chi connectivity index (χ0n) is 13.9. The summed E-state index contributed by atoms with van der Waals surface area (Å²) in [6.07, 6.45) is 7.15. The van der Waals surface area contributed by atoms with Gasteiger partial charge in [0.05, 0.1) is 17.8 Å². The third-order valence-corrected chi connectivity index (χ3v) is 6.82. The fourth-order valence-corrected chi connectivity index (χ4v) is 5.90. The first-order chi connectivity index (χ1) is 12.3. The van der Waals surface area contributed by atoms with Gasteiger partial charge >= 0.3 is 5.97 Å². The van der Waals surface area contributed by atoms with Crippen molar-refractivity contribution in [2.24, 2.45) is 23.7 Å². The van der Waals surface area contributed by atoms with Crippen molar-refractivity contribution in [1.29, 1.82) is 0 Å². The van der Waals surface area contributed by atoms with Gasteiger partial charge in [-0.25, -0.2) is 4.79 Å². The quantitative estimate of drug-likeness (QED) is 0.616. The van der Waals surface area contributed by atoms with Gasteiger partial charge < -0.3 is 9.47 Å². The highest BCUT2D eigenvalue weighted by Gasteiger charge is 2.63. The number of carbonyl (C=O) groups is 1. The third kappa shape index (κ3) is 1.87. The van der Waals surface area contributed by atoms with E-state index in [2.05, 4.69) is 12.2 Å². The van der Waals surface area contributed by atoms with E-state index >= 15 is 0 Å². The molecule has 0 radical (unpaired) electrons. The van der Waals surface area contributed by atoms with Crippen molar-refractivity contribution in [2.75, 3.05) is 0 Å². The molecule has 7 atom stereocenters. The second kappa shape index (κ2) is 4.95. The third-order valence-electron chi connectivity index (χ3n) is 6.82. The number of ether oxygens (including phenoxy) is 2. The van der Waals surface area contributed by atoms with Gasteiger partial charge in [-0.1, -0.05) is 48.6 Å². The fourth-order valence-electron chi connectivity index (χ4n) is 5.90. The molecule has 0 spiro atoms. The molecule has 25 heavy (non-hydrogen) atoms. The first-order valence-electron chi connectivity index (χ1n) is 9.32. The van der Waals surface area contributed by atoms with Gasteiger partial charge in [0, 0.05) is 12.3 Å². The van der Waals surface area contributed by atoms with Gasteiger partial charge in [0.25, 0.3) is 0 Å². The van der Waals surface area contributed by atoms with Crippen LogP contribution in [-0.2, 0) is 9.47 Å². The maximum absolute atomic E-state index is 12.9. The molecule has 3 fully saturated rings. The van der Waals surface area contributed by atoms with Gasteiger partial charge in [0.15, 0.2) is 0 Å². The summed E-state index contributed by atoms with van der Waals surface area (Å²) in [7, 11) is 0. The van der Waals surface area contributed by atoms with Crippen molar-refractivity contribution in [1.82, 2.24) is 0 Å². The molecule has 2 aliphatic carbocycles. The molecular formula is C22H20O3. The molecule has 2 heterocycles. The molecule has 6 rings (SSSR count). The Morgan fingerprint density at radius 2 is 1.76 bits per heavy atom. The Labute approximate surface area is 146 Å². The Morgan fingerprint density at radius 1 is 0.960 bits per heavy atom. The van der Waals surface area contributed by atoms with Crippen LogP contribution < -0.4 is 0 Å². The Bertz CT molecular complexity index is 896. The van der Waals surface area contributed by atoms with E-state index in [1.165, 1.54) is 6.42 Å².